The van der Waals surface area contributed by atoms with Crippen LogP contribution in [0.25, 0.3) is 0 Å². The van der Waals surface area contributed by atoms with E-state index in [-0.39, 0.29) is 37.1 Å². The molecule has 1 aliphatic heterocycles. The normalized spacial score (nSPS) is 18.3. The van der Waals surface area contributed by atoms with Crippen LogP contribution < -0.4 is 5.32 Å². The van der Waals surface area contributed by atoms with E-state index in [9.17, 15) is 14.4 Å². The molecular weight excluding hydrogens is 448 g/mol. The van der Waals surface area contributed by atoms with E-state index in [4.69, 9.17) is 9.47 Å². The minimum Gasteiger partial charge on any atom is -0.383 e. The Bertz CT molecular complexity index is 569. The van der Waals surface area contributed by atoms with E-state index >= 15 is 0 Å². The Balaban J connectivity index is 0.0000102. The number of carbonyl (C=O) groups excluding carboxylic acids is 3. The van der Waals surface area contributed by atoms with Gasteiger partial charge < -0.3 is 19.7 Å². The number of hydrogen-bond acceptors (Lipinski definition) is 7. The van der Waals surface area contributed by atoms with Crippen molar-refractivity contribution in [2.75, 3.05) is 44.9 Å². The van der Waals surface area contributed by atoms with Crippen LogP contribution in [0.1, 0.15) is 67.1 Å². The summed E-state index contributed by atoms with van der Waals surface area (Å²) in [4.78, 5) is 37.9. The number of ketones is 1. The van der Waals surface area contributed by atoms with Crippen LogP contribution >= 0.6 is 21.6 Å². The number of nitrogens with zero attached hydrogens (tertiary/aromatic N) is 1. The number of rotatable bonds is 18. The first-order chi connectivity index (χ1) is 15.4. The van der Waals surface area contributed by atoms with Gasteiger partial charge in [-0.05, 0) is 32.6 Å². The van der Waals surface area contributed by atoms with Crippen molar-refractivity contribution in [3.63, 3.8) is 0 Å². The van der Waals surface area contributed by atoms with Gasteiger partial charge in [0.1, 0.15) is 5.78 Å². The molecule has 1 saturated heterocycles. The molecule has 0 unspecified atom stereocenters. The first-order valence-corrected chi connectivity index (χ1v) is 14.3. The molecule has 1 fully saturated rings. The summed E-state index contributed by atoms with van der Waals surface area (Å²) in [6.07, 6.45) is 4.94. The van der Waals surface area contributed by atoms with Crippen LogP contribution in [0.4, 0.5) is 0 Å². The monoisotopic (exact) mass is 492 g/mol. The first-order valence-electron chi connectivity index (χ1n) is 11.8. The smallest absolute Gasteiger partial charge is 0.223 e. The molecule has 1 heterocycles. The second-order valence-corrected chi connectivity index (χ2v) is 11.1. The third kappa shape index (κ3) is 12.5. The molecule has 188 valence electrons. The molecule has 2 atom stereocenters. The van der Waals surface area contributed by atoms with E-state index in [0.717, 1.165) is 37.2 Å². The van der Waals surface area contributed by atoms with Gasteiger partial charge in [-0.15, -0.1) is 0 Å². The Morgan fingerprint density at radius 2 is 1.81 bits per heavy atom. The summed E-state index contributed by atoms with van der Waals surface area (Å²) >= 11 is 0. The van der Waals surface area contributed by atoms with Crippen molar-refractivity contribution < 1.29 is 25.3 Å². The predicted molar refractivity (Wildman–Crippen MR) is 135 cm³/mol. The average molecular weight is 493 g/mol. The Labute approximate surface area is 203 Å². The van der Waals surface area contributed by atoms with Gasteiger partial charge in [-0.25, -0.2) is 0 Å². The van der Waals surface area contributed by atoms with Crippen LogP contribution in [0.2, 0.25) is 0 Å². The largest absolute Gasteiger partial charge is 0.383 e. The number of ether oxygens (including phenoxy) is 2. The van der Waals surface area contributed by atoms with Gasteiger partial charge in [0.05, 0.1) is 18.8 Å². The van der Waals surface area contributed by atoms with Crippen molar-refractivity contribution in [3.05, 3.63) is 0 Å². The van der Waals surface area contributed by atoms with Crippen molar-refractivity contribution in [3.8, 4) is 0 Å². The number of carbonyl (C=O) groups is 3. The summed E-state index contributed by atoms with van der Waals surface area (Å²) in [5.41, 5.74) is 0. The van der Waals surface area contributed by atoms with Crippen LogP contribution in [0.15, 0.2) is 0 Å². The molecule has 0 aromatic carbocycles. The van der Waals surface area contributed by atoms with E-state index in [1.54, 1.807) is 28.7 Å². The van der Waals surface area contributed by atoms with Gasteiger partial charge in [-0.3, -0.25) is 14.4 Å². The standard InChI is InChI=1S/C23H42N2O5S2.H2/c1-5-30-20-15-19(17-29-4)25(16-20)23(28)11-8-13-31-32-14-12-24-22(27)10-7-6-9-21(26)18(2)3;/h18-20H,5-17H2,1-4H3,(H,24,27);1H/t19-,20+;/m0./s1. The summed E-state index contributed by atoms with van der Waals surface area (Å²) < 4.78 is 11.0. The third-order valence-corrected chi connectivity index (χ3v) is 7.88. The summed E-state index contributed by atoms with van der Waals surface area (Å²) in [5, 5.41) is 2.93. The second-order valence-electron chi connectivity index (χ2n) is 8.39. The van der Waals surface area contributed by atoms with Gasteiger partial charge in [-0.2, -0.15) is 0 Å². The van der Waals surface area contributed by atoms with Gasteiger partial charge >= 0.3 is 0 Å². The highest BCUT2D eigenvalue weighted by Gasteiger charge is 2.35. The van der Waals surface area contributed by atoms with E-state index in [1.807, 2.05) is 25.7 Å². The summed E-state index contributed by atoms with van der Waals surface area (Å²) in [5.74, 6) is 2.34. The second kappa shape index (κ2) is 17.7. The minimum atomic E-state index is 0. The molecule has 0 spiro atoms. The lowest BCUT2D eigenvalue weighted by molar-refractivity contribution is -0.133. The van der Waals surface area contributed by atoms with Crippen LogP contribution in [-0.2, 0) is 23.9 Å². The summed E-state index contributed by atoms with van der Waals surface area (Å²) in [6, 6.07) is 0.116. The quantitative estimate of drug-likeness (QED) is 0.229. The molecule has 0 saturated carbocycles. The molecule has 0 aliphatic carbocycles. The van der Waals surface area contributed by atoms with Crippen molar-refractivity contribution in [2.45, 2.75) is 77.9 Å². The molecule has 2 amide bonds. The number of hydrogen-bond donors (Lipinski definition) is 1. The Morgan fingerprint density at radius 3 is 2.50 bits per heavy atom. The lowest BCUT2D eigenvalue weighted by atomic mass is 10.0. The maximum atomic E-state index is 12.6. The van der Waals surface area contributed by atoms with E-state index in [0.29, 0.717) is 45.6 Å². The Kier molecular flexibility index (Phi) is 16.2. The maximum absolute atomic E-state index is 12.6. The van der Waals surface area contributed by atoms with Crippen molar-refractivity contribution in [1.82, 2.24) is 10.2 Å². The molecule has 1 rings (SSSR count). The SMILES string of the molecule is CCO[C@@H]1C[C@@H](COC)N(C(=O)CCCSSCCNC(=O)CCCCC(=O)C(C)C)C1.[HH]. The minimum absolute atomic E-state index is 0. The molecule has 1 N–H and O–H groups in total. The number of unbranched alkanes of at least 4 members (excludes halogenated alkanes) is 1. The summed E-state index contributed by atoms with van der Waals surface area (Å²) in [6.45, 7) is 8.33. The first kappa shape index (κ1) is 29.3. The molecule has 1 aliphatic rings. The van der Waals surface area contributed by atoms with E-state index < -0.39 is 0 Å². The maximum Gasteiger partial charge on any atom is 0.223 e. The van der Waals surface area contributed by atoms with Crippen LogP contribution in [-0.4, -0.2) is 79.6 Å². The highest BCUT2D eigenvalue weighted by molar-refractivity contribution is 8.76. The zero-order valence-corrected chi connectivity index (χ0v) is 21.9. The van der Waals surface area contributed by atoms with Crippen LogP contribution in [0.3, 0.4) is 0 Å². The van der Waals surface area contributed by atoms with Crippen LogP contribution in [0, 0.1) is 5.92 Å². The number of amides is 2. The van der Waals surface area contributed by atoms with Gasteiger partial charge in [-0.1, -0.05) is 35.4 Å². The third-order valence-electron chi connectivity index (χ3n) is 5.39. The molecule has 0 radical (unpaired) electrons. The Morgan fingerprint density at radius 1 is 1.09 bits per heavy atom. The van der Waals surface area contributed by atoms with E-state index in [2.05, 4.69) is 5.32 Å². The fourth-order valence-corrected chi connectivity index (χ4v) is 5.62. The lowest BCUT2D eigenvalue weighted by Gasteiger charge is -2.23. The zero-order valence-electron chi connectivity index (χ0n) is 20.2. The topological polar surface area (TPSA) is 84.9 Å². The predicted octanol–water partition coefficient (Wildman–Crippen LogP) is 3.95. The molecule has 0 bridgehead atoms. The molecule has 0 aromatic rings. The van der Waals surface area contributed by atoms with Gasteiger partial charge in [0.25, 0.3) is 0 Å². The zero-order chi connectivity index (χ0) is 23.8. The number of likely N-dealkylation sites (tertiary alicyclic amines) is 1. The highest BCUT2D eigenvalue weighted by atomic mass is 33.1. The van der Waals surface area contributed by atoms with Gasteiger partial charge in [0, 0.05) is 64.9 Å². The molecule has 32 heavy (non-hydrogen) atoms. The number of methoxy groups -OCH3 is 1. The van der Waals surface area contributed by atoms with Gasteiger partial charge in [0.15, 0.2) is 0 Å². The fourth-order valence-electron chi connectivity index (χ4n) is 3.62. The van der Waals surface area contributed by atoms with Crippen molar-refractivity contribution in [1.29, 1.82) is 0 Å². The fraction of sp³-hybridized carbons (Fsp3) is 0.870. The van der Waals surface area contributed by atoms with Gasteiger partial charge in [0.2, 0.25) is 11.8 Å². The summed E-state index contributed by atoms with van der Waals surface area (Å²) in [7, 11) is 5.14. The molecule has 7 nitrogen and oxygen atoms in total. The average Bonchev–Trinajstić information content (AvgIpc) is 3.15. The van der Waals surface area contributed by atoms with E-state index in [1.165, 1.54) is 0 Å². The number of Topliss-reactive ketones (excluding diaryl/α,β-unsaturated/α-hetero) is 1. The van der Waals surface area contributed by atoms with Crippen molar-refractivity contribution >= 4 is 39.2 Å². The molecule has 9 heteroatoms. The Hall–Kier alpha value is -0.770. The highest BCUT2D eigenvalue weighted by Crippen LogP contribution is 2.24. The van der Waals surface area contributed by atoms with Crippen molar-refractivity contribution in [2.24, 2.45) is 5.92 Å². The lowest BCUT2D eigenvalue weighted by Crippen LogP contribution is -2.38. The molecule has 0 aromatic heterocycles. The molecular formula is C23H44N2O5S2. The number of nitrogens with one attached hydrogen (secondary N) is 1. The van der Waals surface area contributed by atoms with Crippen LogP contribution in [0.5, 0.6) is 0 Å².